The van der Waals surface area contributed by atoms with Gasteiger partial charge in [-0.3, -0.25) is 25.2 Å². The Bertz CT molecular complexity index is 750. The molecule has 0 saturated heterocycles. The van der Waals surface area contributed by atoms with Gasteiger partial charge in [0.05, 0.1) is 10.6 Å². The first kappa shape index (κ1) is 18.5. The second kappa shape index (κ2) is 9.44. The number of amides is 3. The fraction of sp³-hybridized carbons (Fsp3) is 0.167. The first-order valence-corrected chi connectivity index (χ1v) is 8.08. The van der Waals surface area contributed by atoms with Gasteiger partial charge in [-0.15, -0.1) is 0 Å². The van der Waals surface area contributed by atoms with Gasteiger partial charge in [0.1, 0.15) is 0 Å². The number of hydrogen-bond donors (Lipinski definition) is 3. The van der Waals surface area contributed by atoms with E-state index in [1.54, 1.807) is 24.3 Å². The fourth-order valence-corrected chi connectivity index (χ4v) is 2.24. The van der Waals surface area contributed by atoms with Gasteiger partial charge < -0.3 is 5.32 Å². The van der Waals surface area contributed by atoms with E-state index in [0.717, 1.165) is 5.56 Å². The van der Waals surface area contributed by atoms with Crippen molar-refractivity contribution < 1.29 is 14.4 Å². The molecule has 0 aliphatic heterocycles. The lowest BCUT2D eigenvalue weighted by Gasteiger charge is -2.09. The lowest BCUT2D eigenvalue weighted by molar-refractivity contribution is -0.126. The van der Waals surface area contributed by atoms with Crippen LogP contribution in [0.4, 0.5) is 0 Å². The van der Waals surface area contributed by atoms with E-state index in [1.165, 1.54) is 0 Å². The molecule has 25 heavy (non-hydrogen) atoms. The van der Waals surface area contributed by atoms with Crippen LogP contribution in [0.5, 0.6) is 0 Å². The van der Waals surface area contributed by atoms with E-state index in [1.807, 2.05) is 30.3 Å². The zero-order valence-electron chi connectivity index (χ0n) is 13.4. The van der Waals surface area contributed by atoms with Crippen molar-refractivity contribution in [2.24, 2.45) is 0 Å². The Balaban J connectivity index is 1.67. The van der Waals surface area contributed by atoms with Crippen LogP contribution in [-0.4, -0.2) is 17.7 Å². The summed E-state index contributed by atoms with van der Waals surface area (Å²) in [4.78, 5) is 35.3. The third-order valence-corrected chi connectivity index (χ3v) is 3.68. The molecule has 0 heterocycles. The molecule has 3 N–H and O–H groups in total. The third kappa shape index (κ3) is 6.27. The van der Waals surface area contributed by atoms with E-state index in [2.05, 4.69) is 16.2 Å². The molecule has 2 aromatic rings. The highest BCUT2D eigenvalue weighted by atomic mass is 35.5. The number of carbonyl (C=O) groups is 3. The summed E-state index contributed by atoms with van der Waals surface area (Å²) in [6.45, 7) is 0.407. The van der Waals surface area contributed by atoms with Crippen LogP contribution in [0.1, 0.15) is 28.8 Å². The Labute approximate surface area is 150 Å². The maximum Gasteiger partial charge on any atom is 0.271 e. The van der Waals surface area contributed by atoms with Gasteiger partial charge in [-0.2, -0.15) is 0 Å². The van der Waals surface area contributed by atoms with Crippen LogP contribution in [0.25, 0.3) is 0 Å². The minimum absolute atomic E-state index is 0.0284. The molecule has 3 amide bonds. The monoisotopic (exact) mass is 359 g/mol. The van der Waals surface area contributed by atoms with Gasteiger partial charge in [-0.25, -0.2) is 0 Å². The number of benzene rings is 2. The van der Waals surface area contributed by atoms with E-state index in [-0.39, 0.29) is 29.3 Å². The summed E-state index contributed by atoms with van der Waals surface area (Å²) in [5, 5.41) is 3.02. The molecule has 6 nitrogen and oxygen atoms in total. The number of hydrogen-bond acceptors (Lipinski definition) is 3. The molecule has 0 aliphatic rings. The van der Waals surface area contributed by atoms with Crippen molar-refractivity contribution in [3.63, 3.8) is 0 Å². The van der Waals surface area contributed by atoms with Crippen LogP contribution in [0.3, 0.4) is 0 Å². The van der Waals surface area contributed by atoms with Gasteiger partial charge in [-0.1, -0.05) is 54.1 Å². The Morgan fingerprint density at radius 1 is 0.800 bits per heavy atom. The molecule has 2 aromatic carbocycles. The average molecular weight is 360 g/mol. The quantitative estimate of drug-likeness (QED) is 0.691. The second-order valence-electron chi connectivity index (χ2n) is 5.24. The smallest absolute Gasteiger partial charge is 0.271 e. The zero-order valence-corrected chi connectivity index (χ0v) is 14.2. The molecule has 0 bridgehead atoms. The first-order chi connectivity index (χ1) is 12.1. The van der Waals surface area contributed by atoms with Crippen LogP contribution in [0.2, 0.25) is 5.02 Å². The molecule has 0 aromatic heterocycles. The maximum atomic E-state index is 11.9. The fourth-order valence-electron chi connectivity index (χ4n) is 2.01. The average Bonchev–Trinajstić information content (AvgIpc) is 2.64. The standard InChI is InChI=1S/C18H18ClN3O3/c19-15-9-5-4-8-14(15)18(25)22-21-17(24)11-10-16(23)20-12-13-6-2-1-3-7-13/h1-9H,10-12H2,(H,20,23)(H,21,24)(H,22,25). The zero-order chi connectivity index (χ0) is 18.1. The first-order valence-electron chi connectivity index (χ1n) is 7.70. The number of rotatable bonds is 6. The van der Waals surface area contributed by atoms with Crippen LogP contribution >= 0.6 is 11.6 Å². The highest BCUT2D eigenvalue weighted by molar-refractivity contribution is 6.33. The molecule has 0 saturated carbocycles. The van der Waals surface area contributed by atoms with Crippen molar-refractivity contribution in [1.29, 1.82) is 0 Å². The van der Waals surface area contributed by atoms with Gasteiger partial charge in [0.15, 0.2) is 0 Å². The third-order valence-electron chi connectivity index (χ3n) is 3.35. The number of nitrogens with one attached hydrogen (secondary N) is 3. The van der Waals surface area contributed by atoms with Crippen molar-refractivity contribution in [1.82, 2.24) is 16.2 Å². The van der Waals surface area contributed by atoms with Crippen LogP contribution < -0.4 is 16.2 Å². The lowest BCUT2D eigenvalue weighted by atomic mass is 10.2. The Kier molecular flexibility index (Phi) is 6.98. The number of hydrazine groups is 1. The Hall–Kier alpha value is -2.86. The normalized spacial score (nSPS) is 9.96. The topological polar surface area (TPSA) is 87.3 Å². The second-order valence-corrected chi connectivity index (χ2v) is 5.65. The summed E-state index contributed by atoms with van der Waals surface area (Å²) < 4.78 is 0. The lowest BCUT2D eigenvalue weighted by Crippen LogP contribution is -2.42. The minimum Gasteiger partial charge on any atom is -0.352 e. The molecule has 0 unspecified atom stereocenters. The van der Waals surface area contributed by atoms with Crippen LogP contribution in [-0.2, 0) is 16.1 Å². The van der Waals surface area contributed by atoms with E-state index in [4.69, 9.17) is 11.6 Å². The van der Waals surface area contributed by atoms with Crippen molar-refractivity contribution in [3.05, 3.63) is 70.7 Å². The van der Waals surface area contributed by atoms with Gasteiger partial charge >= 0.3 is 0 Å². The van der Waals surface area contributed by atoms with Crippen molar-refractivity contribution in [2.75, 3.05) is 0 Å². The summed E-state index contributed by atoms with van der Waals surface area (Å²) in [5.41, 5.74) is 5.76. The summed E-state index contributed by atoms with van der Waals surface area (Å²) in [6, 6.07) is 16.0. The number of carbonyl (C=O) groups excluding carboxylic acids is 3. The predicted octanol–water partition coefficient (Wildman–Crippen LogP) is 2.20. The molecule has 7 heteroatoms. The molecular formula is C18H18ClN3O3. The summed E-state index contributed by atoms with van der Waals surface area (Å²) >= 11 is 5.90. The van der Waals surface area contributed by atoms with Gasteiger partial charge in [-0.05, 0) is 17.7 Å². The van der Waals surface area contributed by atoms with E-state index in [0.29, 0.717) is 6.54 Å². The molecule has 0 spiro atoms. The van der Waals surface area contributed by atoms with Gasteiger partial charge in [0.25, 0.3) is 5.91 Å². The molecule has 2 rings (SSSR count). The Morgan fingerprint density at radius 2 is 1.44 bits per heavy atom. The summed E-state index contributed by atoms with van der Waals surface area (Å²) in [5.74, 6) is -1.22. The van der Waals surface area contributed by atoms with E-state index < -0.39 is 11.8 Å². The van der Waals surface area contributed by atoms with Gasteiger partial charge in [0, 0.05) is 19.4 Å². The molecule has 0 radical (unpaired) electrons. The number of halogens is 1. The SMILES string of the molecule is O=C(CCC(=O)NNC(=O)c1ccccc1Cl)NCc1ccccc1. The minimum atomic E-state index is -0.521. The highest BCUT2D eigenvalue weighted by Crippen LogP contribution is 2.14. The molecule has 0 atom stereocenters. The highest BCUT2D eigenvalue weighted by Gasteiger charge is 2.11. The Morgan fingerprint density at radius 3 is 2.16 bits per heavy atom. The maximum absolute atomic E-state index is 11.9. The predicted molar refractivity (Wildman–Crippen MR) is 94.6 cm³/mol. The molecule has 0 aliphatic carbocycles. The van der Waals surface area contributed by atoms with Crippen molar-refractivity contribution in [2.45, 2.75) is 19.4 Å². The van der Waals surface area contributed by atoms with E-state index >= 15 is 0 Å². The molecule has 0 fully saturated rings. The van der Waals surface area contributed by atoms with E-state index in [9.17, 15) is 14.4 Å². The summed E-state index contributed by atoms with van der Waals surface area (Å²) in [7, 11) is 0. The largest absolute Gasteiger partial charge is 0.352 e. The van der Waals surface area contributed by atoms with Crippen LogP contribution in [0, 0.1) is 0 Å². The van der Waals surface area contributed by atoms with Gasteiger partial charge in [0.2, 0.25) is 11.8 Å². The van der Waals surface area contributed by atoms with Crippen LogP contribution in [0.15, 0.2) is 54.6 Å². The molecule has 130 valence electrons. The molecular weight excluding hydrogens is 342 g/mol. The van der Waals surface area contributed by atoms with Crippen molar-refractivity contribution in [3.8, 4) is 0 Å². The van der Waals surface area contributed by atoms with Crippen molar-refractivity contribution >= 4 is 29.3 Å². The summed E-state index contributed by atoms with van der Waals surface area (Å²) in [6.07, 6.45) is -0.00987.